The van der Waals surface area contributed by atoms with Crippen LogP contribution in [-0.4, -0.2) is 24.9 Å². The first-order chi connectivity index (χ1) is 15.6. The Morgan fingerprint density at radius 1 is 0.875 bits per heavy atom. The number of hydrogen-bond acceptors (Lipinski definition) is 5. The van der Waals surface area contributed by atoms with Crippen molar-refractivity contribution in [3.8, 4) is 0 Å². The van der Waals surface area contributed by atoms with E-state index in [-0.39, 0.29) is 11.8 Å². The summed E-state index contributed by atoms with van der Waals surface area (Å²) >= 11 is 1.35. The van der Waals surface area contributed by atoms with E-state index in [9.17, 15) is 9.59 Å². The summed E-state index contributed by atoms with van der Waals surface area (Å²) in [5.41, 5.74) is 4.04. The largest absolute Gasteiger partial charge is 0.468 e. The summed E-state index contributed by atoms with van der Waals surface area (Å²) in [6.45, 7) is 4.10. The molecular weight excluding hydrogens is 420 g/mol. The molecule has 2 aromatic carbocycles. The number of carbonyl (C=O) groups is 2. The van der Waals surface area contributed by atoms with Crippen molar-refractivity contribution < 1.29 is 14.0 Å². The Bertz CT molecular complexity index is 1160. The van der Waals surface area contributed by atoms with Crippen LogP contribution in [0.15, 0.2) is 76.2 Å². The van der Waals surface area contributed by atoms with Crippen LogP contribution in [0.1, 0.15) is 29.7 Å². The van der Waals surface area contributed by atoms with Gasteiger partial charge in [0.25, 0.3) is 11.8 Å². The molecule has 1 fully saturated rings. The second-order valence-electron chi connectivity index (χ2n) is 8.09. The lowest BCUT2D eigenvalue weighted by Crippen LogP contribution is -2.31. The average molecular weight is 445 g/mol. The van der Waals surface area contributed by atoms with Gasteiger partial charge in [0, 0.05) is 18.8 Å². The van der Waals surface area contributed by atoms with Crippen molar-refractivity contribution in [2.75, 3.05) is 22.9 Å². The van der Waals surface area contributed by atoms with Crippen LogP contribution in [0, 0.1) is 6.92 Å². The number of aryl methyl sites for hydroxylation is 1. The zero-order valence-electron chi connectivity index (χ0n) is 17.9. The summed E-state index contributed by atoms with van der Waals surface area (Å²) in [6.07, 6.45) is 4.01. The molecule has 2 aliphatic heterocycles. The number of benzene rings is 2. The van der Waals surface area contributed by atoms with Crippen LogP contribution < -0.4 is 9.80 Å². The number of amides is 2. The van der Waals surface area contributed by atoms with E-state index >= 15 is 0 Å². The standard InChI is InChI=1S/C26H24N2O3S/c1-18-6-8-19(9-7-18)23-24(32-17-22-5-4-16-31-22)26(30)28(25(23)29)21-12-10-20(11-13-21)27-14-2-3-15-27/h4-13,16H,2-3,14-15,17H2,1H3. The third-order valence-corrected chi connectivity index (χ3v) is 7.00. The van der Waals surface area contributed by atoms with E-state index in [1.165, 1.54) is 29.5 Å². The Balaban J connectivity index is 1.47. The maximum atomic E-state index is 13.5. The lowest BCUT2D eigenvalue weighted by Gasteiger charge is -2.20. The summed E-state index contributed by atoms with van der Waals surface area (Å²) in [4.78, 5) is 31.1. The number of thioether (sulfide) groups is 1. The number of carbonyl (C=O) groups excluding carboxylic acids is 2. The minimum absolute atomic E-state index is 0.281. The predicted octanol–water partition coefficient (Wildman–Crippen LogP) is 5.41. The fourth-order valence-corrected chi connectivity index (χ4v) is 5.19. The van der Waals surface area contributed by atoms with Crippen molar-refractivity contribution in [1.82, 2.24) is 0 Å². The van der Waals surface area contributed by atoms with E-state index < -0.39 is 0 Å². The second kappa shape index (κ2) is 8.71. The Morgan fingerprint density at radius 2 is 1.56 bits per heavy atom. The average Bonchev–Trinajstić information content (AvgIpc) is 3.55. The minimum Gasteiger partial charge on any atom is -0.468 e. The van der Waals surface area contributed by atoms with E-state index in [4.69, 9.17) is 4.42 Å². The molecule has 0 bridgehead atoms. The molecular formula is C26H24N2O3S. The molecule has 0 spiro atoms. The molecule has 2 amide bonds. The third kappa shape index (κ3) is 3.86. The van der Waals surface area contributed by atoms with Gasteiger partial charge in [-0.05, 0) is 61.7 Å². The van der Waals surface area contributed by atoms with Crippen molar-refractivity contribution in [2.45, 2.75) is 25.5 Å². The smallest absolute Gasteiger partial charge is 0.272 e. The molecule has 2 aliphatic rings. The Hall–Kier alpha value is -3.25. The van der Waals surface area contributed by atoms with Gasteiger partial charge in [-0.15, -0.1) is 11.8 Å². The van der Waals surface area contributed by atoms with E-state index in [2.05, 4.69) is 4.90 Å². The zero-order chi connectivity index (χ0) is 22.1. The van der Waals surface area contributed by atoms with Crippen molar-refractivity contribution in [2.24, 2.45) is 0 Å². The van der Waals surface area contributed by atoms with E-state index in [0.717, 1.165) is 35.7 Å². The lowest BCUT2D eigenvalue weighted by atomic mass is 10.0. The van der Waals surface area contributed by atoms with Crippen LogP contribution in [0.2, 0.25) is 0 Å². The van der Waals surface area contributed by atoms with Crippen LogP contribution >= 0.6 is 11.8 Å². The number of hydrogen-bond donors (Lipinski definition) is 0. The molecule has 0 unspecified atom stereocenters. The number of furan rings is 1. The van der Waals surface area contributed by atoms with Gasteiger partial charge in [-0.2, -0.15) is 0 Å². The quantitative estimate of drug-likeness (QED) is 0.476. The molecule has 5 rings (SSSR count). The molecule has 0 saturated carbocycles. The van der Waals surface area contributed by atoms with E-state index in [1.54, 1.807) is 6.26 Å². The van der Waals surface area contributed by atoms with Crippen molar-refractivity contribution >= 4 is 40.5 Å². The van der Waals surface area contributed by atoms with Gasteiger partial charge in [-0.25, -0.2) is 4.90 Å². The molecule has 5 nitrogen and oxygen atoms in total. The van der Waals surface area contributed by atoms with Gasteiger partial charge in [-0.3, -0.25) is 9.59 Å². The van der Waals surface area contributed by atoms with Gasteiger partial charge >= 0.3 is 0 Å². The number of imide groups is 1. The van der Waals surface area contributed by atoms with Crippen molar-refractivity contribution in [1.29, 1.82) is 0 Å². The topological polar surface area (TPSA) is 53.8 Å². The minimum atomic E-state index is -0.283. The monoisotopic (exact) mass is 444 g/mol. The lowest BCUT2D eigenvalue weighted by molar-refractivity contribution is -0.119. The van der Waals surface area contributed by atoms with Crippen LogP contribution in [0.5, 0.6) is 0 Å². The van der Waals surface area contributed by atoms with Crippen LogP contribution in [0.3, 0.4) is 0 Å². The first-order valence-corrected chi connectivity index (χ1v) is 11.8. The van der Waals surface area contributed by atoms with Gasteiger partial charge < -0.3 is 9.32 Å². The van der Waals surface area contributed by atoms with Crippen molar-refractivity contribution in [3.05, 3.63) is 88.7 Å². The number of anilines is 2. The summed E-state index contributed by atoms with van der Waals surface area (Å²) in [7, 11) is 0. The Labute approximate surface area is 191 Å². The predicted molar refractivity (Wildman–Crippen MR) is 128 cm³/mol. The number of nitrogens with zero attached hydrogens (tertiary/aromatic N) is 2. The van der Waals surface area contributed by atoms with Gasteiger partial charge in [-0.1, -0.05) is 29.8 Å². The molecule has 0 radical (unpaired) electrons. The van der Waals surface area contributed by atoms with E-state index in [1.807, 2.05) is 67.6 Å². The summed E-state index contributed by atoms with van der Waals surface area (Å²) in [6, 6.07) is 19.2. The summed E-state index contributed by atoms with van der Waals surface area (Å²) < 4.78 is 5.43. The molecule has 1 saturated heterocycles. The third-order valence-electron chi connectivity index (χ3n) is 5.90. The molecule has 0 atom stereocenters. The number of rotatable bonds is 6. The highest BCUT2D eigenvalue weighted by Gasteiger charge is 2.40. The van der Waals surface area contributed by atoms with Crippen LogP contribution in [-0.2, 0) is 15.3 Å². The van der Waals surface area contributed by atoms with E-state index in [0.29, 0.717) is 21.9 Å². The zero-order valence-corrected chi connectivity index (χ0v) is 18.7. The van der Waals surface area contributed by atoms with Gasteiger partial charge in [0.1, 0.15) is 5.76 Å². The SMILES string of the molecule is Cc1ccc(C2=C(SCc3ccco3)C(=O)N(c3ccc(N4CCCC4)cc3)C2=O)cc1. The summed E-state index contributed by atoms with van der Waals surface area (Å²) in [5.74, 6) is 0.684. The normalized spacial score (nSPS) is 16.5. The highest BCUT2D eigenvalue weighted by molar-refractivity contribution is 8.03. The van der Waals surface area contributed by atoms with Crippen LogP contribution in [0.4, 0.5) is 11.4 Å². The maximum absolute atomic E-state index is 13.5. The Kier molecular flexibility index (Phi) is 5.62. The highest BCUT2D eigenvalue weighted by Crippen LogP contribution is 2.40. The maximum Gasteiger partial charge on any atom is 0.272 e. The second-order valence-corrected chi connectivity index (χ2v) is 9.08. The molecule has 1 aromatic heterocycles. The molecule has 6 heteroatoms. The fraction of sp³-hybridized carbons (Fsp3) is 0.231. The molecule has 0 aliphatic carbocycles. The molecule has 162 valence electrons. The molecule has 0 N–H and O–H groups in total. The molecule has 3 heterocycles. The molecule has 32 heavy (non-hydrogen) atoms. The summed E-state index contributed by atoms with van der Waals surface area (Å²) in [5, 5.41) is 0. The van der Waals surface area contributed by atoms with Crippen LogP contribution in [0.25, 0.3) is 5.57 Å². The first kappa shape index (κ1) is 20.6. The first-order valence-electron chi connectivity index (χ1n) is 10.8. The van der Waals surface area contributed by atoms with Gasteiger partial charge in [0.2, 0.25) is 0 Å². The Morgan fingerprint density at radius 3 is 2.22 bits per heavy atom. The van der Waals surface area contributed by atoms with Gasteiger partial charge in [0.05, 0.1) is 28.2 Å². The molecule has 3 aromatic rings. The van der Waals surface area contributed by atoms with Gasteiger partial charge in [0.15, 0.2) is 0 Å². The van der Waals surface area contributed by atoms with Crippen molar-refractivity contribution in [3.63, 3.8) is 0 Å². The highest BCUT2D eigenvalue weighted by atomic mass is 32.2. The fourth-order valence-electron chi connectivity index (χ4n) is 4.18.